The lowest BCUT2D eigenvalue weighted by Gasteiger charge is -2.12. The van der Waals surface area contributed by atoms with E-state index in [1.165, 1.54) is 0 Å². The number of nitrogens with two attached hydrogens (primary N) is 1. The number of hydrogen-bond acceptors (Lipinski definition) is 9. The van der Waals surface area contributed by atoms with Crippen molar-refractivity contribution in [2.45, 2.75) is 86.0 Å². The molecule has 4 N–H and O–H groups in total. The van der Waals surface area contributed by atoms with Crippen LogP contribution < -0.4 is 16.4 Å². The first-order valence-corrected chi connectivity index (χ1v) is 17.9. The smallest absolute Gasteiger partial charge is 0.407 e. The first-order chi connectivity index (χ1) is 25.6. The van der Waals surface area contributed by atoms with Gasteiger partial charge in [-0.15, -0.1) is 0 Å². The number of primary amides is 1. The number of ether oxygens (including phenoxy) is 2. The largest absolute Gasteiger partial charge is 0.461 e. The monoisotopic (exact) mass is 725 g/mol. The molecule has 3 amide bonds. The molecule has 0 aliphatic rings. The van der Waals surface area contributed by atoms with Crippen LogP contribution >= 0.6 is 0 Å². The highest BCUT2D eigenvalue weighted by Crippen LogP contribution is 2.23. The molecule has 3 heterocycles. The number of imidazole rings is 1. The molecule has 15 heteroatoms. The predicted octanol–water partition coefficient (Wildman–Crippen LogP) is 5.32. The van der Waals surface area contributed by atoms with Crippen molar-refractivity contribution in [3.63, 3.8) is 0 Å². The van der Waals surface area contributed by atoms with Crippen molar-refractivity contribution >= 4 is 40.9 Å². The predicted molar refractivity (Wildman–Crippen MR) is 199 cm³/mol. The zero-order valence-corrected chi connectivity index (χ0v) is 30.7. The molecule has 0 atom stereocenters. The molecule has 3 aromatic heterocycles. The number of hydrogen-bond donors (Lipinski definition) is 3. The molecule has 2 aromatic carbocycles. The molecule has 53 heavy (non-hydrogen) atoms. The number of esters is 1. The minimum Gasteiger partial charge on any atom is -0.461 e. The molecule has 0 unspecified atom stereocenters. The molecule has 5 aromatic rings. The maximum Gasteiger partial charge on any atom is 0.407 e. The molecule has 0 aliphatic heterocycles. The number of carbonyl (C=O) groups excluding carboxylic acids is 4. The lowest BCUT2D eigenvalue weighted by atomic mass is 10.0. The van der Waals surface area contributed by atoms with Crippen LogP contribution in [0.1, 0.15) is 93.4 Å². The van der Waals surface area contributed by atoms with Gasteiger partial charge in [0.25, 0.3) is 5.91 Å². The van der Waals surface area contributed by atoms with Gasteiger partial charge in [0.1, 0.15) is 18.0 Å². The van der Waals surface area contributed by atoms with Crippen LogP contribution in [-0.4, -0.2) is 66.1 Å². The van der Waals surface area contributed by atoms with E-state index < -0.39 is 12.0 Å². The fourth-order valence-electron chi connectivity index (χ4n) is 6.19. The fraction of sp³-hybridized carbons (Fsp3) is 0.395. The number of aryl methyl sites for hydroxylation is 5. The Morgan fingerprint density at radius 3 is 2.40 bits per heavy atom. The number of nitrogens with one attached hydrogen (secondary N) is 2. The number of rotatable bonds is 18. The van der Waals surface area contributed by atoms with Crippen LogP contribution in [0.5, 0.6) is 0 Å². The number of aromatic nitrogens is 6. The van der Waals surface area contributed by atoms with Crippen LogP contribution in [0.2, 0.25) is 0 Å². The van der Waals surface area contributed by atoms with E-state index in [4.69, 9.17) is 15.2 Å². The van der Waals surface area contributed by atoms with Gasteiger partial charge in [0.05, 0.1) is 29.0 Å². The first kappa shape index (κ1) is 38.2. The van der Waals surface area contributed by atoms with Gasteiger partial charge < -0.3 is 25.1 Å². The number of benzene rings is 2. The van der Waals surface area contributed by atoms with E-state index in [1.807, 2.05) is 55.7 Å². The Morgan fingerprint density at radius 2 is 1.66 bits per heavy atom. The second kappa shape index (κ2) is 18.0. The third kappa shape index (κ3) is 9.67. The summed E-state index contributed by atoms with van der Waals surface area (Å²) in [6.45, 7) is 9.73. The molecular weight excluding hydrogens is 678 g/mol. The van der Waals surface area contributed by atoms with E-state index in [-0.39, 0.29) is 24.4 Å². The summed E-state index contributed by atoms with van der Waals surface area (Å²) in [6.07, 6.45) is 3.07. The van der Waals surface area contributed by atoms with Crippen molar-refractivity contribution in [1.29, 1.82) is 0 Å². The molecule has 0 bridgehead atoms. The second-order valence-corrected chi connectivity index (χ2v) is 12.6. The molecular formula is C38H47N9O6. The van der Waals surface area contributed by atoms with Gasteiger partial charge in [-0.25, -0.2) is 14.6 Å². The number of amides is 3. The topological polar surface area (TPSA) is 190 Å². The zero-order chi connectivity index (χ0) is 37.9. The third-order valence-corrected chi connectivity index (χ3v) is 8.75. The maximum atomic E-state index is 13.7. The normalized spacial score (nSPS) is 11.1. The Labute approximate surface area is 307 Å². The fourth-order valence-corrected chi connectivity index (χ4v) is 6.19. The number of unbranched alkanes of at least 4 members (excludes halogenated alkanes) is 2. The lowest BCUT2D eigenvalue weighted by Crippen LogP contribution is -2.26. The standard InChI is InChI=1S/C38H47N9O6/c1-5-46-33(36(50)52-6-2)29(26(4)44-46)16-11-8-12-21-47-32(22-25(3)43-47)35(49)42-37-41-30-23-28(34(39)48)17-18-31(30)45(37)20-13-19-40-38(51)53-24-27-14-9-7-10-15-27/h7,9-10,14-15,17-18,22-23H,5-6,8,11-13,16,19-21,24H2,1-4H3,(H2,39,48)(H,40,51)(H,41,42,49). The molecule has 5 rings (SSSR count). The van der Waals surface area contributed by atoms with Gasteiger partial charge in [-0.3, -0.25) is 24.3 Å². The number of alkyl carbamates (subject to hydrolysis) is 1. The van der Waals surface area contributed by atoms with Crippen molar-refractivity contribution in [2.24, 2.45) is 5.73 Å². The average Bonchev–Trinajstić information content (AvgIpc) is 3.80. The summed E-state index contributed by atoms with van der Waals surface area (Å²) in [7, 11) is 0. The number of anilines is 1. The third-order valence-electron chi connectivity index (χ3n) is 8.75. The Hall–Kier alpha value is -5.99. The Balaban J connectivity index is 1.21. The first-order valence-electron chi connectivity index (χ1n) is 17.9. The van der Waals surface area contributed by atoms with Crippen LogP contribution in [-0.2, 0) is 42.1 Å². The van der Waals surface area contributed by atoms with Gasteiger partial charge >= 0.3 is 12.1 Å². The summed E-state index contributed by atoms with van der Waals surface area (Å²) in [5, 5.41) is 14.8. The molecule has 0 saturated carbocycles. The highest BCUT2D eigenvalue weighted by atomic mass is 16.5. The quantitative estimate of drug-likeness (QED) is 0.0793. The molecule has 0 saturated heterocycles. The molecule has 0 aliphatic carbocycles. The number of nitrogens with zero attached hydrogens (tertiary/aromatic N) is 6. The van der Waals surface area contributed by atoms with E-state index in [0.717, 1.165) is 36.1 Å². The van der Waals surface area contributed by atoms with Crippen LogP contribution in [0.3, 0.4) is 0 Å². The minimum absolute atomic E-state index is 0.163. The van der Waals surface area contributed by atoms with Gasteiger partial charge in [-0.05, 0) is 83.2 Å². The molecule has 15 nitrogen and oxygen atoms in total. The van der Waals surface area contributed by atoms with Crippen LogP contribution in [0, 0.1) is 13.8 Å². The van der Waals surface area contributed by atoms with Crippen molar-refractivity contribution in [3.8, 4) is 0 Å². The number of carbonyl (C=O) groups is 4. The second-order valence-electron chi connectivity index (χ2n) is 12.6. The highest BCUT2D eigenvalue weighted by Gasteiger charge is 2.22. The lowest BCUT2D eigenvalue weighted by molar-refractivity contribution is 0.0510. The summed E-state index contributed by atoms with van der Waals surface area (Å²) < 4.78 is 15.8. The summed E-state index contributed by atoms with van der Waals surface area (Å²) in [5.74, 6) is -1.05. The summed E-state index contributed by atoms with van der Waals surface area (Å²) in [5.41, 5.74) is 11.2. The van der Waals surface area contributed by atoms with Crippen molar-refractivity contribution < 1.29 is 28.7 Å². The Kier molecular flexibility index (Phi) is 13.0. The minimum atomic E-state index is -0.588. The van der Waals surface area contributed by atoms with Crippen molar-refractivity contribution in [1.82, 2.24) is 34.4 Å². The summed E-state index contributed by atoms with van der Waals surface area (Å²) >= 11 is 0. The van der Waals surface area contributed by atoms with Gasteiger partial charge in [0.15, 0.2) is 0 Å². The van der Waals surface area contributed by atoms with Gasteiger partial charge in [-0.1, -0.05) is 36.8 Å². The van der Waals surface area contributed by atoms with Crippen LogP contribution in [0.4, 0.5) is 10.7 Å². The van der Waals surface area contributed by atoms with E-state index in [1.54, 1.807) is 40.6 Å². The Morgan fingerprint density at radius 1 is 0.868 bits per heavy atom. The molecule has 0 fully saturated rings. The van der Waals surface area contributed by atoms with Gasteiger partial charge in [0.2, 0.25) is 11.9 Å². The maximum absolute atomic E-state index is 13.7. The zero-order valence-electron chi connectivity index (χ0n) is 30.7. The summed E-state index contributed by atoms with van der Waals surface area (Å²) in [4.78, 5) is 55.2. The van der Waals surface area contributed by atoms with E-state index in [0.29, 0.717) is 79.3 Å². The van der Waals surface area contributed by atoms with Gasteiger partial charge in [-0.2, -0.15) is 10.2 Å². The molecule has 0 spiro atoms. The van der Waals surface area contributed by atoms with Crippen LogP contribution in [0.25, 0.3) is 11.0 Å². The van der Waals surface area contributed by atoms with Crippen molar-refractivity contribution in [2.75, 3.05) is 18.5 Å². The van der Waals surface area contributed by atoms with Crippen LogP contribution in [0.15, 0.2) is 54.6 Å². The molecule has 280 valence electrons. The SMILES string of the molecule is CCOC(=O)c1c(CCCCCn2nc(C)cc2C(=O)Nc2nc3cc(C(N)=O)ccc3n2CCCNC(=O)OCc2ccccc2)c(C)nn1CC. The van der Waals surface area contributed by atoms with Gasteiger partial charge in [0, 0.05) is 37.3 Å². The highest BCUT2D eigenvalue weighted by molar-refractivity contribution is 6.03. The molecule has 0 radical (unpaired) electrons. The van der Waals surface area contributed by atoms with Crippen molar-refractivity contribution in [3.05, 3.63) is 94.1 Å². The van der Waals surface area contributed by atoms with E-state index in [9.17, 15) is 19.2 Å². The Bertz CT molecular complexity index is 2060. The van der Waals surface area contributed by atoms with E-state index >= 15 is 0 Å². The van der Waals surface area contributed by atoms with E-state index in [2.05, 4.69) is 25.8 Å². The average molecular weight is 726 g/mol. The number of fused-ring (bicyclic) bond motifs is 1. The summed E-state index contributed by atoms with van der Waals surface area (Å²) in [6, 6.07) is 16.1.